The van der Waals surface area contributed by atoms with Gasteiger partial charge >= 0.3 is 0 Å². The van der Waals surface area contributed by atoms with E-state index in [1.165, 1.54) is 28.7 Å². The molecule has 1 aromatic carbocycles. The van der Waals surface area contributed by atoms with E-state index in [9.17, 15) is 4.79 Å². The third-order valence-electron chi connectivity index (χ3n) is 4.08. The van der Waals surface area contributed by atoms with Gasteiger partial charge in [0.1, 0.15) is 4.83 Å². The van der Waals surface area contributed by atoms with Gasteiger partial charge in [-0.25, -0.2) is 4.98 Å². The van der Waals surface area contributed by atoms with E-state index in [-0.39, 0.29) is 5.56 Å². The highest BCUT2D eigenvalue weighted by molar-refractivity contribution is 7.98. The van der Waals surface area contributed by atoms with Crippen molar-refractivity contribution in [2.24, 2.45) is 7.05 Å². The van der Waals surface area contributed by atoms with Crippen LogP contribution in [0.5, 0.6) is 0 Å². The van der Waals surface area contributed by atoms with Crippen LogP contribution in [-0.4, -0.2) is 19.7 Å². The number of aryl methyl sites for hydroxylation is 1. The van der Waals surface area contributed by atoms with Crippen molar-refractivity contribution in [2.45, 2.75) is 24.3 Å². The van der Waals surface area contributed by atoms with Gasteiger partial charge in [0.05, 0.1) is 11.1 Å². The van der Waals surface area contributed by atoms with E-state index in [1.807, 2.05) is 17.5 Å². The third kappa shape index (κ3) is 3.17. The highest BCUT2D eigenvalue weighted by Crippen LogP contribution is 2.24. The summed E-state index contributed by atoms with van der Waals surface area (Å²) >= 11 is 2.87. The Hall–Kier alpha value is -2.45. The van der Waals surface area contributed by atoms with Gasteiger partial charge in [-0.05, 0) is 23.4 Å². The summed E-state index contributed by atoms with van der Waals surface area (Å²) in [6.07, 6.45) is 0.995. The van der Waals surface area contributed by atoms with Crippen molar-refractivity contribution in [3.63, 3.8) is 0 Å². The molecule has 0 saturated carbocycles. The SMILES string of the molecule is CCc1ccc(-c2noc(CSc3nc4sccc4c(=O)n3C)n2)cc1. The zero-order chi connectivity index (χ0) is 18.1. The molecule has 0 fully saturated rings. The van der Waals surface area contributed by atoms with Crippen LogP contribution in [0, 0.1) is 0 Å². The number of hydrogen-bond donors (Lipinski definition) is 0. The summed E-state index contributed by atoms with van der Waals surface area (Å²) < 4.78 is 6.90. The van der Waals surface area contributed by atoms with Gasteiger partial charge in [0.25, 0.3) is 5.56 Å². The first-order chi connectivity index (χ1) is 12.7. The minimum Gasteiger partial charge on any atom is -0.338 e. The van der Waals surface area contributed by atoms with Gasteiger partial charge in [-0.1, -0.05) is 48.1 Å². The number of hydrogen-bond acceptors (Lipinski definition) is 7. The Bertz CT molecular complexity index is 1110. The second-order valence-electron chi connectivity index (χ2n) is 5.75. The second-order valence-corrected chi connectivity index (χ2v) is 7.59. The summed E-state index contributed by atoms with van der Waals surface area (Å²) in [6.45, 7) is 2.12. The largest absolute Gasteiger partial charge is 0.338 e. The Kier molecular flexibility index (Phi) is 4.60. The standard InChI is InChI=1S/C18H16N4O2S2/c1-3-11-4-6-12(7-5-11)15-19-14(24-21-15)10-26-18-20-16-13(8-9-25-16)17(23)22(18)2/h4-9H,3,10H2,1-2H3. The number of benzene rings is 1. The molecule has 0 N–H and O–H groups in total. The van der Waals surface area contributed by atoms with Crippen molar-refractivity contribution < 1.29 is 4.52 Å². The molecule has 3 aromatic heterocycles. The molecule has 0 aliphatic heterocycles. The van der Waals surface area contributed by atoms with E-state index in [2.05, 4.69) is 34.2 Å². The first kappa shape index (κ1) is 17.0. The first-order valence-corrected chi connectivity index (χ1v) is 10.0. The van der Waals surface area contributed by atoms with Gasteiger partial charge in [-0.3, -0.25) is 9.36 Å². The quantitative estimate of drug-likeness (QED) is 0.384. The van der Waals surface area contributed by atoms with Gasteiger partial charge in [-0.15, -0.1) is 11.3 Å². The summed E-state index contributed by atoms with van der Waals surface area (Å²) in [7, 11) is 1.73. The lowest BCUT2D eigenvalue weighted by atomic mass is 10.1. The van der Waals surface area contributed by atoms with Crippen LogP contribution in [0.1, 0.15) is 18.4 Å². The molecule has 6 nitrogen and oxygen atoms in total. The molecule has 0 aliphatic carbocycles. The fourth-order valence-corrected chi connectivity index (χ4v) is 4.17. The molecule has 4 rings (SSSR count). The minimum atomic E-state index is -0.0408. The molecular formula is C18H16N4O2S2. The molecule has 0 bridgehead atoms. The van der Waals surface area contributed by atoms with Crippen molar-refractivity contribution in [3.8, 4) is 11.4 Å². The molecule has 132 valence electrons. The molecule has 3 heterocycles. The fourth-order valence-electron chi connectivity index (χ4n) is 2.56. The van der Waals surface area contributed by atoms with Crippen molar-refractivity contribution in [2.75, 3.05) is 0 Å². The van der Waals surface area contributed by atoms with Gasteiger partial charge in [0, 0.05) is 12.6 Å². The van der Waals surface area contributed by atoms with Gasteiger partial charge < -0.3 is 4.52 Å². The topological polar surface area (TPSA) is 73.8 Å². The number of fused-ring (bicyclic) bond motifs is 1. The first-order valence-electron chi connectivity index (χ1n) is 8.14. The lowest BCUT2D eigenvalue weighted by Gasteiger charge is -2.05. The Labute approximate surface area is 157 Å². The Morgan fingerprint density at radius 3 is 2.77 bits per heavy atom. The molecular weight excluding hydrogens is 368 g/mol. The Morgan fingerprint density at radius 1 is 1.19 bits per heavy atom. The Balaban J connectivity index is 1.53. The summed E-state index contributed by atoms with van der Waals surface area (Å²) in [5.74, 6) is 1.53. The Morgan fingerprint density at radius 2 is 2.00 bits per heavy atom. The number of aromatic nitrogens is 4. The molecule has 0 unspecified atom stereocenters. The van der Waals surface area contributed by atoms with Crippen molar-refractivity contribution in [3.05, 3.63) is 57.5 Å². The summed E-state index contributed by atoms with van der Waals surface area (Å²) in [4.78, 5) is 22.1. The molecule has 0 saturated heterocycles. The predicted molar refractivity (Wildman–Crippen MR) is 104 cm³/mol. The highest BCUT2D eigenvalue weighted by atomic mass is 32.2. The van der Waals surface area contributed by atoms with Gasteiger partial charge in [-0.2, -0.15) is 4.98 Å². The van der Waals surface area contributed by atoms with Crippen LogP contribution in [0.3, 0.4) is 0 Å². The maximum atomic E-state index is 12.3. The van der Waals surface area contributed by atoms with Crippen LogP contribution < -0.4 is 5.56 Å². The van der Waals surface area contributed by atoms with Crippen LogP contribution in [0.2, 0.25) is 0 Å². The number of nitrogens with zero attached hydrogens (tertiary/aromatic N) is 4. The maximum absolute atomic E-state index is 12.3. The van der Waals surface area contributed by atoms with E-state index in [4.69, 9.17) is 4.52 Å². The number of thiophene rings is 1. The summed E-state index contributed by atoms with van der Waals surface area (Å²) in [5.41, 5.74) is 2.15. The molecule has 26 heavy (non-hydrogen) atoms. The minimum absolute atomic E-state index is 0.0408. The second kappa shape index (κ2) is 7.05. The predicted octanol–water partition coefficient (Wildman–Crippen LogP) is 3.90. The molecule has 0 atom stereocenters. The number of rotatable bonds is 5. The third-order valence-corrected chi connectivity index (χ3v) is 5.90. The highest BCUT2D eigenvalue weighted by Gasteiger charge is 2.13. The number of thioether (sulfide) groups is 1. The van der Waals surface area contributed by atoms with Crippen molar-refractivity contribution in [1.82, 2.24) is 19.7 Å². The smallest absolute Gasteiger partial charge is 0.262 e. The molecule has 8 heteroatoms. The molecule has 0 radical (unpaired) electrons. The van der Waals surface area contributed by atoms with Crippen LogP contribution in [0.15, 0.2) is 50.2 Å². The van der Waals surface area contributed by atoms with Crippen LogP contribution in [-0.2, 0) is 19.2 Å². The van der Waals surface area contributed by atoms with E-state index in [1.54, 1.807) is 17.7 Å². The molecule has 0 spiro atoms. The fraction of sp³-hybridized carbons (Fsp3) is 0.222. The molecule has 0 amide bonds. The maximum Gasteiger partial charge on any atom is 0.262 e. The zero-order valence-electron chi connectivity index (χ0n) is 14.3. The van der Waals surface area contributed by atoms with Crippen LogP contribution >= 0.6 is 23.1 Å². The van der Waals surface area contributed by atoms with E-state index in [0.29, 0.717) is 28.0 Å². The van der Waals surface area contributed by atoms with E-state index < -0.39 is 0 Å². The van der Waals surface area contributed by atoms with E-state index in [0.717, 1.165) is 16.8 Å². The average molecular weight is 384 g/mol. The lowest BCUT2D eigenvalue weighted by Crippen LogP contribution is -2.19. The summed E-state index contributed by atoms with van der Waals surface area (Å²) in [6, 6.07) is 9.93. The van der Waals surface area contributed by atoms with Crippen molar-refractivity contribution >= 4 is 33.3 Å². The summed E-state index contributed by atoms with van der Waals surface area (Å²) in [5, 5.41) is 7.21. The van der Waals surface area contributed by atoms with E-state index >= 15 is 0 Å². The average Bonchev–Trinajstić information content (AvgIpc) is 3.33. The monoisotopic (exact) mass is 384 g/mol. The lowest BCUT2D eigenvalue weighted by molar-refractivity contribution is 0.391. The molecule has 4 aromatic rings. The molecule has 0 aliphatic rings. The van der Waals surface area contributed by atoms with Crippen LogP contribution in [0.25, 0.3) is 21.6 Å². The van der Waals surface area contributed by atoms with Crippen LogP contribution in [0.4, 0.5) is 0 Å². The zero-order valence-corrected chi connectivity index (χ0v) is 15.9. The van der Waals surface area contributed by atoms with Crippen molar-refractivity contribution in [1.29, 1.82) is 0 Å². The normalized spacial score (nSPS) is 11.3. The van der Waals surface area contributed by atoms with Gasteiger partial charge in [0.2, 0.25) is 11.7 Å². The van der Waals surface area contributed by atoms with Gasteiger partial charge in [0.15, 0.2) is 5.16 Å².